The Balaban J connectivity index is 1.66. The fourth-order valence-corrected chi connectivity index (χ4v) is 4.39. The molecule has 0 bridgehead atoms. The normalized spacial score (nSPS) is 10.6. The molecule has 41 heavy (non-hydrogen) atoms. The minimum Gasteiger partial charge on any atom is -0.497 e. The highest BCUT2D eigenvalue weighted by molar-refractivity contribution is 5.98. The summed E-state index contributed by atoms with van der Waals surface area (Å²) in [6, 6.07) is 32.0. The molecule has 1 heterocycles. The molecule has 0 aliphatic heterocycles. The highest BCUT2D eigenvalue weighted by Gasteiger charge is 2.25. The maximum absolute atomic E-state index is 13.8. The van der Waals surface area contributed by atoms with Gasteiger partial charge in [-0.2, -0.15) is 0 Å². The number of anilines is 2. The standard InChI is InChI=1S/C32H27N3O6/c1-39-27-16-10-24(11-17-27)33-29-20-30(23-8-12-26(13-9-23)35(37)38)34(25-14-18-28(40-2)19-15-25)31(29)32(36)41-21-22-6-4-3-5-7-22/h3-20,33H,21H2,1-2H3. The Morgan fingerprint density at radius 1 is 0.829 bits per heavy atom. The summed E-state index contributed by atoms with van der Waals surface area (Å²) >= 11 is 0. The van der Waals surface area contributed by atoms with Crippen molar-refractivity contribution in [3.05, 3.63) is 131 Å². The number of hydrogen-bond acceptors (Lipinski definition) is 7. The molecular formula is C32H27N3O6. The van der Waals surface area contributed by atoms with Gasteiger partial charge in [0.1, 0.15) is 18.1 Å². The van der Waals surface area contributed by atoms with Crippen molar-refractivity contribution in [1.82, 2.24) is 4.57 Å². The van der Waals surface area contributed by atoms with Gasteiger partial charge in [-0.3, -0.25) is 10.1 Å². The Bertz CT molecular complexity index is 1650. The number of carbonyl (C=O) groups excluding carboxylic acids is 1. The fraction of sp³-hybridized carbons (Fsp3) is 0.0938. The van der Waals surface area contributed by atoms with Gasteiger partial charge in [0.05, 0.1) is 30.5 Å². The fourth-order valence-electron chi connectivity index (χ4n) is 4.39. The van der Waals surface area contributed by atoms with E-state index >= 15 is 0 Å². The van der Waals surface area contributed by atoms with Crippen molar-refractivity contribution in [3.63, 3.8) is 0 Å². The zero-order chi connectivity index (χ0) is 28.8. The second kappa shape index (κ2) is 12.1. The van der Waals surface area contributed by atoms with E-state index in [9.17, 15) is 14.9 Å². The molecular weight excluding hydrogens is 522 g/mol. The molecule has 5 rings (SSSR count). The number of nitro groups is 1. The Morgan fingerprint density at radius 2 is 1.44 bits per heavy atom. The molecule has 0 spiro atoms. The lowest BCUT2D eigenvalue weighted by Crippen LogP contribution is -2.14. The van der Waals surface area contributed by atoms with E-state index in [1.165, 1.54) is 12.1 Å². The third kappa shape index (κ3) is 6.04. The number of non-ortho nitro benzene ring substituents is 1. The number of carbonyl (C=O) groups is 1. The number of benzene rings is 4. The number of ether oxygens (including phenoxy) is 3. The van der Waals surface area contributed by atoms with Gasteiger partial charge in [-0.1, -0.05) is 30.3 Å². The van der Waals surface area contributed by atoms with Crippen molar-refractivity contribution in [1.29, 1.82) is 0 Å². The van der Waals surface area contributed by atoms with Crippen LogP contribution >= 0.6 is 0 Å². The Labute approximate surface area is 236 Å². The molecule has 0 aliphatic rings. The SMILES string of the molecule is COc1ccc(Nc2cc(-c3ccc([N+](=O)[O-])cc3)n(-c3ccc(OC)cc3)c2C(=O)OCc2ccccc2)cc1. The Kier molecular flexibility index (Phi) is 7.96. The van der Waals surface area contributed by atoms with E-state index in [1.807, 2.05) is 72.8 Å². The number of nitro benzene ring substituents is 1. The average Bonchev–Trinajstić information content (AvgIpc) is 3.39. The van der Waals surface area contributed by atoms with Gasteiger partial charge in [-0.05, 0) is 77.9 Å². The molecule has 0 saturated carbocycles. The largest absolute Gasteiger partial charge is 0.497 e. The maximum atomic E-state index is 13.8. The van der Waals surface area contributed by atoms with Crippen LogP contribution in [-0.2, 0) is 11.3 Å². The van der Waals surface area contributed by atoms with Crippen molar-refractivity contribution in [2.75, 3.05) is 19.5 Å². The number of nitrogens with one attached hydrogen (secondary N) is 1. The van der Waals surface area contributed by atoms with Crippen LogP contribution in [0, 0.1) is 10.1 Å². The van der Waals surface area contributed by atoms with Gasteiger partial charge in [-0.15, -0.1) is 0 Å². The first-order valence-electron chi connectivity index (χ1n) is 12.7. The van der Waals surface area contributed by atoms with E-state index in [4.69, 9.17) is 14.2 Å². The predicted molar refractivity (Wildman–Crippen MR) is 156 cm³/mol. The third-order valence-electron chi connectivity index (χ3n) is 6.48. The van der Waals surface area contributed by atoms with Gasteiger partial charge < -0.3 is 24.1 Å². The van der Waals surface area contributed by atoms with Gasteiger partial charge in [-0.25, -0.2) is 4.79 Å². The van der Waals surface area contributed by atoms with E-state index in [2.05, 4.69) is 5.32 Å². The third-order valence-corrected chi connectivity index (χ3v) is 6.48. The highest BCUT2D eigenvalue weighted by Crippen LogP contribution is 2.36. The van der Waals surface area contributed by atoms with Crippen molar-refractivity contribution in [2.45, 2.75) is 6.61 Å². The van der Waals surface area contributed by atoms with Crippen molar-refractivity contribution in [3.8, 4) is 28.4 Å². The molecule has 9 nitrogen and oxygen atoms in total. The van der Waals surface area contributed by atoms with Crippen molar-refractivity contribution < 1.29 is 23.9 Å². The summed E-state index contributed by atoms with van der Waals surface area (Å²) in [6.45, 7) is 0.0856. The number of nitrogens with zero attached hydrogens (tertiary/aromatic N) is 2. The van der Waals surface area contributed by atoms with Crippen LogP contribution in [0.15, 0.2) is 109 Å². The molecule has 206 valence electrons. The second-order valence-electron chi connectivity index (χ2n) is 9.04. The van der Waals surface area contributed by atoms with Crippen LogP contribution in [0.3, 0.4) is 0 Å². The van der Waals surface area contributed by atoms with Crippen LogP contribution < -0.4 is 14.8 Å². The van der Waals surface area contributed by atoms with E-state index in [0.717, 1.165) is 11.3 Å². The Hall–Kier alpha value is -5.57. The van der Waals surface area contributed by atoms with Crippen LogP contribution in [0.5, 0.6) is 11.5 Å². The van der Waals surface area contributed by atoms with Gasteiger partial charge in [0.2, 0.25) is 0 Å². The molecule has 0 saturated heterocycles. The monoisotopic (exact) mass is 549 g/mol. The van der Waals surface area contributed by atoms with Crippen molar-refractivity contribution >= 4 is 23.0 Å². The minimum atomic E-state index is -0.547. The van der Waals surface area contributed by atoms with Crippen LogP contribution in [0.4, 0.5) is 17.1 Å². The second-order valence-corrected chi connectivity index (χ2v) is 9.04. The van der Waals surface area contributed by atoms with Crippen LogP contribution in [0.1, 0.15) is 16.1 Å². The summed E-state index contributed by atoms with van der Waals surface area (Å²) in [5.74, 6) is 0.803. The van der Waals surface area contributed by atoms with Crippen LogP contribution in [-0.4, -0.2) is 29.7 Å². The minimum absolute atomic E-state index is 0.0321. The van der Waals surface area contributed by atoms with E-state index in [-0.39, 0.29) is 18.0 Å². The average molecular weight is 550 g/mol. The maximum Gasteiger partial charge on any atom is 0.357 e. The number of esters is 1. The summed E-state index contributed by atoms with van der Waals surface area (Å²) in [7, 11) is 3.17. The lowest BCUT2D eigenvalue weighted by Gasteiger charge is -2.15. The lowest BCUT2D eigenvalue weighted by molar-refractivity contribution is -0.384. The van der Waals surface area contributed by atoms with Gasteiger partial charge in [0, 0.05) is 23.5 Å². The highest BCUT2D eigenvalue weighted by atomic mass is 16.6. The summed E-state index contributed by atoms with van der Waals surface area (Å²) in [4.78, 5) is 24.7. The molecule has 9 heteroatoms. The summed E-state index contributed by atoms with van der Waals surface area (Å²) in [5, 5.41) is 14.6. The molecule has 0 unspecified atom stereocenters. The van der Waals surface area contributed by atoms with Crippen LogP contribution in [0.25, 0.3) is 16.9 Å². The lowest BCUT2D eigenvalue weighted by atomic mass is 10.1. The van der Waals surface area contributed by atoms with E-state index < -0.39 is 10.9 Å². The van der Waals surface area contributed by atoms with Crippen LogP contribution in [0.2, 0.25) is 0 Å². The molecule has 0 aliphatic carbocycles. The molecule has 5 aromatic rings. The zero-order valence-electron chi connectivity index (χ0n) is 22.4. The quantitative estimate of drug-likeness (QED) is 0.112. The number of rotatable bonds is 10. The first-order chi connectivity index (χ1) is 20.0. The smallest absolute Gasteiger partial charge is 0.357 e. The summed E-state index contributed by atoms with van der Waals surface area (Å²) in [6.07, 6.45) is 0. The predicted octanol–water partition coefficient (Wildman–Crippen LogP) is 7.17. The number of aromatic nitrogens is 1. The van der Waals surface area contributed by atoms with E-state index in [1.54, 1.807) is 43.1 Å². The molecule has 1 N–H and O–H groups in total. The number of methoxy groups -OCH3 is 2. The molecule has 1 aromatic heterocycles. The number of hydrogen-bond donors (Lipinski definition) is 1. The topological polar surface area (TPSA) is 105 Å². The van der Waals surface area contributed by atoms with E-state index in [0.29, 0.717) is 34.1 Å². The first-order valence-corrected chi connectivity index (χ1v) is 12.7. The summed E-state index contributed by atoms with van der Waals surface area (Å²) in [5.41, 5.74) is 4.28. The first kappa shape index (κ1) is 27.0. The van der Waals surface area contributed by atoms with Gasteiger partial charge >= 0.3 is 5.97 Å². The molecule has 0 fully saturated rings. The molecule has 4 aromatic carbocycles. The zero-order valence-corrected chi connectivity index (χ0v) is 22.4. The van der Waals surface area contributed by atoms with Gasteiger partial charge in [0.25, 0.3) is 5.69 Å². The molecule has 0 radical (unpaired) electrons. The van der Waals surface area contributed by atoms with Crippen molar-refractivity contribution in [2.24, 2.45) is 0 Å². The van der Waals surface area contributed by atoms with Gasteiger partial charge in [0.15, 0.2) is 5.69 Å². The Morgan fingerprint density at radius 3 is 2.02 bits per heavy atom. The molecule has 0 amide bonds. The summed E-state index contributed by atoms with van der Waals surface area (Å²) < 4.78 is 18.2. The molecule has 0 atom stereocenters.